The lowest BCUT2D eigenvalue weighted by molar-refractivity contribution is -0.139. The Kier molecular flexibility index (Phi) is 5.90. The lowest BCUT2D eigenvalue weighted by atomic mass is 9.99. The second kappa shape index (κ2) is 8.75. The molecule has 2 N–H and O–H groups in total. The number of nitrogens with zero attached hydrogens (tertiary/aromatic N) is 1. The lowest BCUT2D eigenvalue weighted by Crippen LogP contribution is -2.48. The topological polar surface area (TPSA) is 83.8 Å². The summed E-state index contributed by atoms with van der Waals surface area (Å²) in [5.41, 5.74) is 2.16. The van der Waals surface area contributed by atoms with Gasteiger partial charge in [-0.2, -0.15) is 0 Å². The zero-order valence-corrected chi connectivity index (χ0v) is 17.3. The van der Waals surface area contributed by atoms with E-state index in [1.807, 2.05) is 31.2 Å². The molecule has 1 aromatic carbocycles. The van der Waals surface area contributed by atoms with E-state index in [4.69, 9.17) is 9.15 Å². The number of aryl methyl sites for hydroxylation is 1. The second-order valence-corrected chi connectivity index (χ2v) is 7.71. The third kappa shape index (κ3) is 4.57. The molecule has 2 aliphatic rings. The van der Waals surface area contributed by atoms with Crippen molar-refractivity contribution >= 4 is 12.0 Å². The number of furan rings is 1. The van der Waals surface area contributed by atoms with E-state index in [-0.39, 0.29) is 12.6 Å². The molecule has 7 nitrogen and oxygen atoms in total. The van der Waals surface area contributed by atoms with Crippen LogP contribution in [-0.2, 0) is 16.1 Å². The third-order valence-corrected chi connectivity index (χ3v) is 5.35. The smallest absolute Gasteiger partial charge is 0.338 e. The van der Waals surface area contributed by atoms with E-state index in [9.17, 15) is 9.59 Å². The highest BCUT2D eigenvalue weighted by atomic mass is 16.5. The van der Waals surface area contributed by atoms with E-state index in [0.717, 1.165) is 19.4 Å². The van der Waals surface area contributed by atoms with Crippen molar-refractivity contribution in [2.75, 3.05) is 13.2 Å². The van der Waals surface area contributed by atoms with Crippen molar-refractivity contribution in [2.45, 2.75) is 45.3 Å². The summed E-state index contributed by atoms with van der Waals surface area (Å²) in [6.45, 7) is 5.06. The van der Waals surface area contributed by atoms with Crippen molar-refractivity contribution in [1.29, 1.82) is 0 Å². The SMILES string of the molecule is CCOC(=O)C1=C(CN(Cc2ccccc2)C2CC2)NC(=O)N[C@@H]1c1ccc(C)o1. The molecule has 2 heterocycles. The molecule has 30 heavy (non-hydrogen) atoms. The first-order chi connectivity index (χ1) is 14.5. The summed E-state index contributed by atoms with van der Waals surface area (Å²) in [5, 5.41) is 5.67. The maximum Gasteiger partial charge on any atom is 0.338 e. The first-order valence-electron chi connectivity index (χ1n) is 10.4. The van der Waals surface area contributed by atoms with Gasteiger partial charge in [-0.25, -0.2) is 9.59 Å². The van der Waals surface area contributed by atoms with Gasteiger partial charge in [0.1, 0.15) is 17.6 Å². The molecule has 0 saturated heterocycles. The molecular formula is C23H27N3O4. The molecule has 1 aliphatic carbocycles. The highest BCUT2D eigenvalue weighted by Gasteiger charge is 2.38. The molecule has 7 heteroatoms. The van der Waals surface area contributed by atoms with Crippen molar-refractivity contribution < 1.29 is 18.7 Å². The minimum Gasteiger partial charge on any atom is -0.464 e. The Morgan fingerprint density at radius 3 is 2.57 bits per heavy atom. The number of amides is 2. The number of ether oxygens (including phenoxy) is 1. The average molecular weight is 409 g/mol. The van der Waals surface area contributed by atoms with Gasteiger partial charge in [-0.05, 0) is 44.4 Å². The van der Waals surface area contributed by atoms with Crippen LogP contribution in [-0.4, -0.2) is 36.1 Å². The number of carbonyl (C=O) groups excluding carboxylic acids is 2. The minimum atomic E-state index is -0.681. The molecule has 0 spiro atoms. The Labute approximate surface area is 176 Å². The van der Waals surface area contributed by atoms with Gasteiger partial charge in [-0.3, -0.25) is 4.90 Å². The van der Waals surface area contributed by atoms with Crippen LogP contribution >= 0.6 is 0 Å². The molecule has 1 atom stereocenters. The van der Waals surface area contributed by atoms with Crippen molar-refractivity contribution in [3.63, 3.8) is 0 Å². The van der Waals surface area contributed by atoms with Crippen molar-refractivity contribution in [3.8, 4) is 0 Å². The van der Waals surface area contributed by atoms with Crippen LogP contribution in [0.4, 0.5) is 4.79 Å². The van der Waals surface area contributed by atoms with Crippen LogP contribution in [0.15, 0.2) is 58.2 Å². The summed E-state index contributed by atoms with van der Waals surface area (Å²) < 4.78 is 11.1. The Hall–Kier alpha value is -3.06. The average Bonchev–Trinajstić information content (AvgIpc) is 3.48. The van der Waals surface area contributed by atoms with Gasteiger partial charge >= 0.3 is 12.0 Å². The van der Waals surface area contributed by atoms with E-state index in [2.05, 4.69) is 27.7 Å². The number of urea groups is 1. The van der Waals surface area contributed by atoms with Gasteiger partial charge in [0.2, 0.25) is 0 Å². The standard InChI is InChI=1S/C23H27N3O4/c1-3-29-22(27)20-18(24-23(28)25-21(20)19-12-9-15(2)30-19)14-26(17-10-11-17)13-16-7-5-4-6-8-16/h4-9,12,17,21H,3,10-11,13-14H2,1-2H3,(H2,24,25,28)/t21-/m1/s1. The van der Waals surface area contributed by atoms with Crippen LogP contribution in [0.5, 0.6) is 0 Å². The van der Waals surface area contributed by atoms with Gasteiger partial charge in [-0.15, -0.1) is 0 Å². The first-order valence-corrected chi connectivity index (χ1v) is 10.4. The molecule has 1 fully saturated rings. The number of esters is 1. The summed E-state index contributed by atoms with van der Waals surface area (Å²) >= 11 is 0. The van der Waals surface area contributed by atoms with Gasteiger partial charge < -0.3 is 19.8 Å². The molecule has 4 rings (SSSR count). The van der Waals surface area contributed by atoms with Crippen LogP contribution in [0.2, 0.25) is 0 Å². The van der Waals surface area contributed by atoms with Crippen molar-refractivity contribution in [2.24, 2.45) is 0 Å². The zero-order valence-electron chi connectivity index (χ0n) is 17.3. The van der Waals surface area contributed by atoms with Gasteiger partial charge in [0.25, 0.3) is 0 Å². The second-order valence-electron chi connectivity index (χ2n) is 7.71. The molecule has 1 aromatic heterocycles. The normalized spacial score (nSPS) is 18.9. The van der Waals surface area contributed by atoms with E-state index in [1.54, 1.807) is 13.0 Å². The highest BCUT2D eigenvalue weighted by molar-refractivity contribution is 5.95. The fraction of sp³-hybridized carbons (Fsp3) is 0.391. The summed E-state index contributed by atoms with van der Waals surface area (Å²) in [4.78, 5) is 27.7. The Bertz CT molecular complexity index is 946. The Morgan fingerprint density at radius 1 is 1.17 bits per heavy atom. The molecular weight excluding hydrogens is 382 g/mol. The van der Waals surface area contributed by atoms with Gasteiger partial charge in [0.15, 0.2) is 0 Å². The van der Waals surface area contributed by atoms with Gasteiger partial charge in [0, 0.05) is 24.8 Å². The lowest BCUT2D eigenvalue weighted by Gasteiger charge is -2.31. The molecule has 0 bridgehead atoms. The maximum atomic E-state index is 12.9. The maximum absolute atomic E-state index is 12.9. The zero-order chi connectivity index (χ0) is 21.1. The van der Waals surface area contributed by atoms with E-state index >= 15 is 0 Å². The predicted molar refractivity (Wildman–Crippen MR) is 111 cm³/mol. The van der Waals surface area contributed by atoms with Gasteiger partial charge in [-0.1, -0.05) is 30.3 Å². The molecule has 0 radical (unpaired) electrons. The van der Waals surface area contributed by atoms with E-state index in [1.165, 1.54) is 5.56 Å². The van der Waals surface area contributed by atoms with Crippen molar-refractivity contribution in [3.05, 3.63) is 70.8 Å². The van der Waals surface area contributed by atoms with Crippen LogP contribution in [0, 0.1) is 6.92 Å². The Morgan fingerprint density at radius 2 is 1.93 bits per heavy atom. The fourth-order valence-corrected chi connectivity index (χ4v) is 3.79. The fourth-order valence-electron chi connectivity index (χ4n) is 3.79. The monoisotopic (exact) mass is 409 g/mol. The molecule has 2 aromatic rings. The largest absolute Gasteiger partial charge is 0.464 e. The number of hydrogen-bond donors (Lipinski definition) is 2. The summed E-state index contributed by atoms with van der Waals surface area (Å²) in [6, 6.07) is 13.2. The first kappa shape index (κ1) is 20.2. The molecule has 2 amide bonds. The number of nitrogens with one attached hydrogen (secondary N) is 2. The summed E-state index contributed by atoms with van der Waals surface area (Å²) in [7, 11) is 0. The van der Waals surface area contributed by atoms with Gasteiger partial charge in [0.05, 0.1) is 12.2 Å². The number of hydrogen-bond acceptors (Lipinski definition) is 5. The van der Waals surface area contributed by atoms with Crippen LogP contribution in [0.3, 0.4) is 0 Å². The molecule has 1 saturated carbocycles. The number of carbonyl (C=O) groups is 2. The van der Waals surface area contributed by atoms with E-state index in [0.29, 0.717) is 35.4 Å². The summed E-state index contributed by atoms with van der Waals surface area (Å²) in [6.07, 6.45) is 2.23. The quantitative estimate of drug-likeness (QED) is 0.653. The minimum absolute atomic E-state index is 0.254. The van der Waals surface area contributed by atoms with E-state index < -0.39 is 12.0 Å². The van der Waals surface area contributed by atoms with Crippen LogP contribution < -0.4 is 10.6 Å². The Balaban J connectivity index is 1.68. The molecule has 158 valence electrons. The molecule has 1 aliphatic heterocycles. The number of rotatable bonds is 8. The molecule has 0 unspecified atom stereocenters. The van der Waals surface area contributed by atoms with Crippen LogP contribution in [0.1, 0.15) is 42.9 Å². The van der Waals surface area contributed by atoms with Crippen molar-refractivity contribution in [1.82, 2.24) is 15.5 Å². The number of benzene rings is 1. The predicted octanol–water partition coefficient (Wildman–Crippen LogP) is 3.42. The summed E-state index contributed by atoms with van der Waals surface area (Å²) in [5.74, 6) is 0.782. The van der Waals surface area contributed by atoms with Crippen LogP contribution in [0.25, 0.3) is 0 Å². The third-order valence-electron chi connectivity index (χ3n) is 5.35. The highest BCUT2D eigenvalue weighted by Crippen LogP contribution is 2.33.